The highest BCUT2D eigenvalue weighted by Gasteiger charge is 2.43. The van der Waals surface area contributed by atoms with Gasteiger partial charge in [0.1, 0.15) is 0 Å². The number of hydrogen-bond donors (Lipinski definition) is 2. The molecule has 1 fully saturated rings. The Morgan fingerprint density at radius 1 is 0.789 bits per heavy atom. The van der Waals surface area contributed by atoms with Crippen LogP contribution in [0.15, 0.2) is 108 Å². The molecule has 7 nitrogen and oxygen atoms in total. The number of nitrogens with one attached hydrogen (secondary N) is 1. The first-order valence-corrected chi connectivity index (χ1v) is 14.1. The highest BCUT2D eigenvalue weighted by molar-refractivity contribution is 7.89. The molecule has 4 aromatic rings. The number of fused-ring (bicyclic) bond motifs is 2. The summed E-state index contributed by atoms with van der Waals surface area (Å²) in [5, 5.41) is 11.8. The fraction of sp³-hybridized carbons (Fsp3) is 0.200. The molecule has 1 saturated heterocycles. The van der Waals surface area contributed by atoms with Crippen LogP contribution < -0.4 is 19.3 Å². The molecule has 2 heterocycles. The average Bonchev–Trinajstić information content (AvgIpc) is 2.93. The zero-order chi connectivity index (χ0) is 26.3. The summed E-state index contributed by atoms with van der Waals surface area (Å²) in [6.07, 6.45) is -1.01. The molecule has 0 spiro atoms. The third-order valence-corrected chi connectivity index (χ3v) is 8.70. The molecule has 2 aliphatic heterocycles. The largest absolute Gasteiger partial charge is 0.453 e. The van der Waals surface area contributed by atoms with Gasteiger partial charge in [0.05, 0.1) is 34.5 Å². The fourth-order valence-corrected chi connectivity index (χ4v) is 6.53. The lowest BCUT2D eigenvalue weighted by Crippen LogP contribution is -2.65. The van der Waals surface area contributed by atoms with Gasteiger partial charge in [-0.2, -0.15) is 0 Å². The minimum atomic E-state index is -3.87. The lowest BCUT2D eigenvalue weighted by molar-refractivity contribution is 0.0977. The minimum absolute atomic E-state index is 0.172. The summed E-state index contributed by atoms with van der Waals surface area (Å²) in [5.41, 5.74) is 3.58. The standard InChI is InChI=1S/C30H29N3O4S/c1-21-15-17-23(18-16-21)38(35,36)31-24-19-32(22-9-3-2-4-10-22)20-27(30(24)34)33-25-11-5-7-13-28(25)37-29-14-8-6-12-26(29)33/h2-18,24,27,30-31,34H,19-20H2,1H3/t24-,27+,30+/m1/s1. The number of para-hydroxylation sites is 5. The quantitative estimate of drug-likeness (QED) is 0.387. The predicted molar refractivity (Wildman–Crippen MR) is 149 cm³/mol. The number of ether oxygens (including phenoxy) is 1. The van der Waals surface area contributed by atoms with E-state index >= 15 is 0 Å². The SMILES string of the molecule is Cc1ccc(S(=O)(=O)N[C@@H]2CN(c3ccccc3)C[C@H](N3c4ccccc4Oc4ccccc43)[C@H]2O)cc1. The van der Waals surface area contributed by atoms with Crippen LogP contribution in [0.3, 0.4) is 0 Å². The smallest absolute Gasteiger partial charge is 0.240 e. The van der Waals surface area contributed by atoms with Crippen molar-refractivity contribution < 1.29 is 18.3 Å². The molecule has 2 N–H and O–H groups in total. The maximum absolute atomic E-state index is 13.4. The maximum Gasteiger partial charge on any atom is 0.240 e. The summed E-state index contributed by atoms with van der Waals surface area (Å²) in [6, 6.07) is 30.8. The average molecular weight is 528 g/mol. The van der Waals surface area contributed by atoms with E-state index in [0.29, 0.717) is 24.6 Å². The summed E-state index contributed by atoms with van der Waals surface area (Å²) >= 11 is 0. The third kappa shape index (κ3) is 4.51. The number of piperidine rings is 1. The van der Waals surface area contributed by atoms with Gasteiger partial charge in [0.2, 0.25) is 10.0 Å². The van der Waals surface area contributed by atoms with E-state index in [4.69, 9.17) is 4.74 Å². The number of anilines is 3. The van der Waals surface area contributed by atoms with E-state index in [2.05, 4.69) is 14.5 Å². The molecule has 6 rings (SSSR count). The van der Waals surface area contributed by atoms with Crippen LogP contribution in [-0.4, -0.2) is 44.8 Å². The predicted octanol–water partition coefficient (Wildman–Crippen LogP) is 4.84. The summed E-state index contributed by atoms with van der Waals surface area (Å²) < 4.78 is 35.8. The number of sulfonamides is 1. The molecule has 2 aliphatic rings. The monoisotopic (exact) mass is 527 g/mol. The Bertz CT molecular complexity index is 1500. The van der Waals surface area contributed by atoms with Gasteiger partial charge in [-0.15, -0.1) is 0 Å². The van der Waals surface area contributed by atoms with Crippen molar-refractivity contribution in [3.8, 4) is 11.5 Å². The van der Waals surface area contributed by atoms with Crippen molar-refractivity contribution in [3.05, 3.63) is 109 Å². The van der Waals surface area contributed by atoms with Gasteiger partial charge >= 0.3 is 0 Å². The molecule has 38 heavy (non-hydrogen) atoms. The lowest BCUT2D eigenvalue weighted by Gasteiger charge is -2.48. The van der Waals surface area contributed by atoms with Crippen LogP contribution >= 0.6 is 0 Å². The molecule has 3 atom stereocenters. The van der Waals surface area contributed by atoms with Crippen LogP contribution in [0.25, 0.3) is 0 Å². The number of nitrogens with zero attached hydrogens (tertiary/aromatic N) is 2. The van der Waals surface area contributed by atoms with Crippen LogP contribution in [0.4, 0.5) is 17.1 Å². The first-order valence-electron chi connectivity index (χ1n) is 12.6. The van der Waals surface area contributed by atoms with Crippen molar-refractivity contribution in [1.29, 1.82) is 0 Å². The number of rotatable bonds is 5. The van der Waals surface area contributed by atoms with Crippen LogP contribution in [-0.2, 0) is 10.0 Å². The van der Waals surface area contributed by atoms with Crippen molar-refractivity contribution in [3.63, 3.8) is 0 Å². The van der Waals surface area contributed by atoms with Crippen molar-refractivity contribution in [1.82, 2.24) is 4.72 Å². The molecule has 0 radical (unpaired) electrons. The first kappa shape index (κ1) is 24.5. The van der Waals surface area contributed by atoms with Crippen molar-refractivity contribution in [2.45, 2.75) is 30.0 Å². The zero-order valence-corrected chi connectivity index (χ0v) is 21.8. The molecule has 0 aromatic heterocycles. The molecular weight excluding hydrogens is 498 g/mol. The number of aryl methyl sites for hydroxylation is 1. The van der Waals surface area contributed by atoms with E-state index in [0.717, 1.165) is 22.6 Å². The Labute approximate surface area is 223 Å². The highest BCUT2D eigenvalue weighted by atomic mass is 32.2. The molecule has 0 amide bonds. The summed E-state index contributed by atoms with van der Waals surface area (Å²) in [5.74, 6) is 1.37. The number of benzene rings is 4. The van der Waals surface area contributed by atoms with Crippen molar-refractivity contribution >= 4 is 27.1 Å². The molecular formula is C30H29N3O4S. The Morgan fingerprint density at radius 2 is 1.37 bits per heavy atom. The zero-order valence-electron chi connectivity index (χ0n) is 20.9. The van der Waals surface area contributed by atoms with Gasteiger partial charge in [-0.1, -0.05) is 60.2 Å². The molecule has 0 bridgehead atoms. The van der Waals surface area contributed by atoms with Gasteiger partial charge in [0.25, 0.3) is 0 Å². The van der Waals surface area contributed by atoms with Gasteiger partial charge < -0.3 is 19.6 Å². The van der Waals surface area contributed by atoms with E-state index in [1.165, 1.54) is 0 Å². The highest BCUT2D eigenvalue weighted by Crippen LogP contribution is 2.48. The topological polar surface area (TPSA) is 82.1 Å². The third-order valence-electron chi connectivity index (χ3n) is 7.19. The second-order valence-electron chi connectivity index (χ2n) is 9.75. The molecule has 4 aromatic carbocycles. The minimum Gasteiger partial charge on any atom is -0.453 e. The lowest BCUT2D eigenvalue weighted by atomic mass is 9.94. The maximum atomic E-state index is 13.4. The number of aliphatic hydroxyl groups is 1. The fourth-order valence-electron chi connectivity index (χ4n) is 5.29. The summed E-state index contributed by atoms with van der Waals surface area (Å²) in [7, 11) is -3.87. The van der Waals surface area contributed by atoms with Crippen LogP contribution in [0.2, 0.25) is 0 Å². The Balaban J connectivity index is 1.42. The first-order chi connectivity index (χ1) is 18.4. The van der Waals surface area contributed by atoms with Crippen LogP contribution in [0.1, 0.15) is 5.56 Å². The van der Waals surface area contributed by atoms with E-state index in [-0.39, 0.29) is 4.90 Å². The van der Waals surface area contributed by atoms with E-state index in [1.54, 1.807) is 24.3 Å². The molecule has 194 valence electrons. The van der Waals surface area contributed by atoms with E-state index < -0.39 is 28.2 Å². The van der Waals surface area contributed by atoms with Gasteiger partial charge in [-0.25, -0.2) is 13.1 Å². The van der Waals surface area contributed by atoms with Crippen LogP contribution in [0, 0.1) is 6.92 Å². The number of aliphatic hydroxyl groups excluding tert-OH is 1. The summed E-state index contributed by atoms with van der Waals surface area (Å²) in [4.78, 5) is 4.38. The molecule has 0 saturated carbocycles. The molecule has 0 aliphatic carbocycles. The second kappa shape index (κ2) is 9.79. The van der Waals surface area contributed by atoms with E-state index in [9.17, 15) is 13.5 Å². The van der Waals surface area contributed by atoms with Gasteiger partial charge in [0.15, 0.2) is 11.5 Å². The molecule has 8 heteroatoms. The van der Waals surface area contributed by atoms with E-state index in [1.807, 2.05) is 85.8 Å². The van der Waals surface area contributed by atoms with Crippen molar-refractivity contribution in [2.24, 2.45) is 0 Å². The van der Waals surface area contributed by atoms with Crippen LogP contribution in [0.5, 0.6) is 11.5 Å². The van der Waals surface area contributed by atoms with Crippen molar-refractivity contribution in [2.75, 3.05) is 22.9 Å². The second-order valence-corrected chi connectivity index (χ2v) is 11.5. The Kier molecular flexibility index (Phi) is 6.31. The Hall–Kier alpha value is -3.85. The normalized spacial score (nSPS) is 20.8. The van der Waals surface area contributed by atoms with Gasteiger partial charge in [-0.05, 0) is 55.5 Å². The Morgan fingerprint density at radius 3 is 2.00 bits per heavy atom. The number of hydrogen-bond acceptors (Lipinski definition) is 6. The summed E-state index contributed by atoms with van der Waals surface area (Å²) in [6.45, 7) is 2.71. The van der Waals surface area contributed by atoms with Gasteiger partial charge in [-0.3, -0.25) is 0 Å². The molecule has 0 unspecified atom stereocenters. The van der Waals surface area contributed by atoms with Gasteiger partial charge in [0, 0.05) is 18.8 Å².